The van der Waals surface area contributed by atoms with Gasteiger partial charge in [0.05, 0.1) is 12.7 Å². The molecule has 0 fully saturated rings. The van der Waals surface area contributed by atoms with Crippen LogP contribution >= 0.6 is 0 Å². The van der Waals surface area contributed by atoms with Crippen molar-refractivity contribution in [1.29, 1.82) is 0 Å². The zero-order chi connectivity index (χ0) is 21.9. The molecule has 0 N–H and O–H groups in total. The van der Waals surface area contributed by atoms with Gasteiger partial charge in [-0.3, -0.25) is 4.79 Å². The summed E-state index contributed by atoms with van der Waals surface area (Å²) in [5.41, 5.74) is 1.52. The smallest absolute Gasteiger partial charge is 0.337 e. The first-order valence-corrected chi connectivity index (χ1v) is 12.0. The lowest BCUT2D eigenvalue weighted by Gasteiger charge is -2.03. The van der Waals surface area contributed by atoms with E-state index in [1.54, 1.807) is 12.1 Å². The van der Waals surface area contributed by atoms with Crippen molar-refractivity contribution in [3.63, 3.8) is 0 Å². The Balaban J connectivity index is 1.97. The average molecular weight is 415 g/mol. The summed E-state index contributed by atoms with van der Waals surface area (Å²) in [5.74, 6) is -0.0287. The first kappa shape index (κ1) is 26.1. The third-order valence-electron chi connectivity index (χ3n) is 5.55. The van der Waals surface area contributed by atoms with E-state index < -0.39 is 0 Å². The predicted octanol–water partition coefficient (Wildman–Crippen LogP) is 7.93. The molecule has 1 rings (SSSR count). The summed E-state index contributed by atoms with van der Waals surface area (Å²) in [6.07, 6.45) is 22.2. The van der Waals surface area contributed by atoms with E-state index in [4.69, 9.17) is 0 Å². The van der Waals surface area contributed by atoms with Gasteiger partial charge in [-0.1, -0.05) is 108 Å². The maximum absolute atomic E-state index is 12.0. The van der Waals surface area contributed by atoms with Gasteiger partial charge in [0.15, 0.2) is 0 Å². The van der Waals surface area contributed by atoms with Gasteiger partial charge < -0.3 is 4.74 Å². The minimum Gasteiger partial charge on any atom is -0.465 e. The second kappa shape index (κ2) is 17.9. The number of unbranched alkanes of at least 4 members (excludes halogenated alkanes) is 12. The summed E-state index contributed by atoms with van der Waals surface area (Å²) in [6.45, 7) is 2.27. The zero-order valence-electron chi connectivity index (χ0n) is 19.3. The molecule has 0 amide bonds. The predicted molar refractivity (Wildman–Crippen MR) is 127 cm³/mol. The molecule has 0 radical (unpaired) electrons. The maximum atomic E-state index is 12.0. The van der Waals surface area contributed by atoms with Crippen molar-refractivity contribution in [3.05, 3.63) is 41.5 Å². The van der Waals surface area contributed by atoms with Gasteiger partial charge in [-0.15, -0.1) is 0 Å². The molecule has 1 aromatic rings. The topological polar surface area (TPSA) is 43.4 Å². The molecule has 1 aromatic carbocycles. The number of ketones is 1. The fraction of sp³-hybridized carbons (Fsp3) is 0.630. The van der Waals surface area contributed by atoms with Crippen LogP contribution in [-0.4, -0.2) is 18.9 Å². The Morgan fingerprint density at radius 3 is 1.77 bits per heavy atom. The summed E-state index contributed by atoms with van der Waals surface area (Å²) in [4.78, 5) is 23.4. The highest BCUT2D eigenvalue weighted by atomic mass is 16.5. The standard InChI is InChI=1S/C27H42O3/c1-3-4-5-6-7-8-9-10-11-12-13-14-15-18-26(28)19-16-17-24-20-22-25(23-21-24)27(29)30-2/h16-17,20-23H,3-15,18-19H2,1-2H3/b17-16+. The van der Waals surface area contributed by atoms with E-state index in [-0.39, 0.29) is 5.97 Å². The van der Waals surface area contributed by atoms with Crippen LogP contribution in [0.5, 0.6) is 0 Å². The van der Waals surface area contributed by atoms with E-state index in [9.17, 15) is 9.59 Å². The maximum Gasteiger partial charge on any atom is 0.337 e. The van der Waals surface area contributed by atoms with E-state index in [1.807, 2.05) is 24.3 Å². The van der Waals surface area contributed by atoms with Crippen LogP contribution in [0.4, 0.5) is 0 Å². The second-order valence-electron chi connectivity index (χ2n) is 8.25. The van der Waals surface area contributed by atoms with Gasteiger partial charge in [-0.05, 0) is 24.1 Å². The molecule has 30 heavy (non-hydrogen) atoms. The highest BCUT2D eigenvalue weighted by Crippen LogP contribution is 2.13. The fourth-order valence-electron chi connectivity index (χ4n) is 3.62. The van der Waals surface area contributed by atoms with Crippen molar-refractivity contribution in [1.82, 2.24) is 0 Å². The Hall–Kier alpha value is -1.90. The zero-order valence-corrected chi connectivity index (χ0v) is 19.3. The van der Waals surface area contributed by atoms with E-state index in [1.165, 1.54) is 84.2 Å². The third kappa shape index (κ3) is 13.3. The van der Waals surface area contributed by atoms with Crippen molar-refractivity contribution in [3.8, 4) is 0 Å². The molecule has 0 aliphatic rings. The molecule has 3 heteroatoms. The number of benzene rings is 1. The summed E-state index contributed by atoms with van der Waals surface area (Å²) < 4.78 is 4.69. The number of methoxy groups -OCH3 is 1. The Morgan fingerprint density at radius 1 is 0.767 bits per heavy atom. The number of carbonyl (C=O) groups is 2. The van der Waals surface area contributed by atoms with Crippen molar-refractivity contribution in [2.45, 2.75) is 103 Å². The molecule has 0 aromatic heterocycles. The Morgan fingerprint density at radius 2 is 1.27 bits per heavy atom. The van der Waals surface area contributed by atoms with Crippen LogP contribution in [0.15, 0.2) is 30.3 Å². The third-order valence-corrected chi connectivity index (χ3v) is 5.55. The molecular weight excluding hydrogens is 372 g/mol. The van der Waals surface area contributed by atoms with Crippen molar-refractivity contribution in [2.24, 2.45) is 0 Å². The van der Waals surface area contributed by atoms with Gasteiger partial charge in [0.2, 0.25) is 0 Å². The van der Waals surface area contributed by atoms with Crippen molar-refractivity contribution >= 4 is 17.8 Å². The Labute approximate surface area is 184 Å². The molecular formula is C27H42O3. The van der Waals surface area contributed by atoms with Crippen LogP contribution in [-0.2, 0) is 9.53 Å². The fourth-order valence-corrected chi connectivity index (χ4v) is 3.62. The summed E-state index contributed by atoms with van der Waals surface area (Å²) >= 11 is 0. The Kier molecular flexibility index (Phi) is 15.6. The van der Waals surface area contributed by atoms with Gasteiger partial charge in [-0.2, -0.15) is 0 Å². The average Bonchev–Trinajstić information content (AvgIpc) is 2.77. The number of hydrogen-bond donors (Lipinski definition) is 0. The lowest BCUT2D eigenvalue weighted by Crippen LogP contribution is -2.00. The van der Waals surface area contributed by atoms with Crippen LogP contribution < -0.4 is 0 Å². The van der Waals surface area contributed by atoms with E-state index >= 15 is 0 Å². The van der Waals surface area contributed by atoms with Crippen molar-refractivity contribution < 1.29 is 14.3 Å². The number of ether oxygens (including phenoxy) is 1. The molecule has 0 aliphatic carbocycles. The van der Waals surface area contributed by atoms with E-state index in [2.05, 4.69) is 11.7 Å². The number of rotatable bonds is 18. The molecule has 0 heterocycles. The summed E-state index contributed by atoms with van der Waals surface area (Å²) in [5, 5.41) is 0. The molecule has 0 atom stereocenters. The molecule has 0 bridgehead atoms. The SMILES string of the molecule is CCCCCCCCCCCCCCCC(=O)C/C=C/c1ccc(C(=O)OC)cc1. The molecule has 0 spiro atoms. The second-order valence-corrected chi connectivity index (χ2v) is 8.25. The van der Waals surface area contributed by atoms with Gasteiger partial charge in [-0.25, -0.2) is 4.79 Å². The molecule has 0 aliphatic heterocycles. The number of allylic oxidation sites excluding steroid dienone is 1. The summed E-state index contributed by atoms with van der Waals surface area (Å²) in [7, 11) is 1.37. The highest BCUT2D eigenvalue weighted by Gasteiger charge is 2.03. The molecule has 0 saturated heterocycles. The Bertz CT molecular complexity index is 601. The monoisotopic (exact) mass is 414 g/mol. The van der Waals surface area contributed by atoms with E-state index in [0.717, 1.165) is 12.0 Å². The molecule has 0 unspecified atom stereocenters. The minimum atomic E-state index is -0.335. The lowest BCUT2D eigenvalue weighted by molar-refractivity contribution is -0.118. The largest absolute Gasteiger partial charge is 0.465 e. The number of carbonyl (C=O) groups excluding carboxylic acids is 2. The van der Waals surface area contributed by atoms with Crippen LogP contribution in [0.25, 0.3) is 6.08 Å². The summed E-state index contributed by atoms with van der Waals surface area (Å²) in [6, 6.07) is 7.20. The first-order chi connectivity index (χ1) is 14.7. The van der Waals surface area contributed by atoms with Gasteiger partial charge in [0, 0.05) is 12.8 Å². The van der Waals surface area contributed by atoms with Crippen LogP contribution in [0.1, 0.15) is 119 Å². The number of esters is 1. The van der Waals surface area contributed by atoms with Crippen LogP contribution in [0, 0.1) is 0 Å². The van der Waals surface area contributed by atoms with Gasteiger partial charge in [0.25, 0.3) is 0 Å². The first-order valence-electron chi connectivity index (χ1n) is 12.0. The van der Waals surface area contributed by atoms with Gasteiger partial charge >= 0.3 is 5.97 Å². The van der Waals surface area contributed by atoms with Gasteiger partial charge in [0.1, 0.15) is 5.78 Å². The quantitative estimate of drug-likeness (QED) is 0.181. The molecule has 0 saturated carbocycles. The molecule has 3 nitrogen and oxygen atoms in total. The van der Waals surface area contributed by atoms with Crippen molar-refractivity contribution in [2.75, 3.05) is 7.11 Å². The highest BCUT2D eigenvalue weighted by molar-refractivity contribution is 5.89. The van der Waals surface area contributed by atoms with Crippen LogP contribution in [0.2, 0.25) is 0 Å². The normalized spacial score (nSPS) is 11.1. The lowest BCUT2D eigenvalue weighted by atomic mass is 10.0. The van der Waals surface area contributed by atoms with E-state index in [0.29, 0.717) is 24.2 Å². The minimum absolute atomic E-state index is 0.306. The number of Topliss-reactive ketones (excluding diaryl/α,β-unsaturated/α-hetero) is 1. The number of hydrogen-bond acceptors (Lipinski definition) is 3. The van der Waals surface area contributed by atoms with Crippen LogP contribution in [0.3, 0.4) is 0 Å². The molecule has 168 valence electrons.